The first kappa shape index (κ1) is 36.1. The second-order valence-corrected chi connectivity index (χ2v) is 11.4. The van der Waals surface area contributed by atoms with Crippen LogP contribution in [0.15, 0.2) is 43.0 Å². The zero-order valence-electron chi connectivity index (χ0n) is 25.9. The number of esters is 2. The van der Waals surface area contributed by atoms with Gasteiger partial charge in [0, 0.05) is 6.42 Å². The lowest BCUT2D eigenvalue weighted by atomic mass is 9.98. The van der Waals surface area contributed by atoms with Gasteiger partial charge >= 0.3 is 18.0 Å². The van der Waals surface area contributed by atoms with Gasteiger partial charge in [0.15, 0.2) is 0 Å². The summed E-state index contributed by atoms with van der Waals surface area (Å²) in [6.07, 6.45) is 0.896. The van der Waals surface area contributed by atoms with Crippen LogP contribution in [0.25, 0.3) is 0 Å². The first-order chi connectivity index (χ1) is 19.7. The molecule has 0 aliphatic heterocycles. The Morgan fingerprint density at radius 2 is 1.55 bits per heavy atom. The predicted octanol–water partition coefficient (Wildman–Crippen LogP) is 3.80. The number of ether oxygens (including phenoxy) is 3. The van der Waals surface area contributed by atoms with Crippen molar-refractivity contribution in [1.29, 1.82) is 0 Å². The van der Waals surface area contributed by atoms with Gasteiger partial charge in [0.1, 0.15) is 36.9 Å². The van der Waals surface area contributed by atoms with Crippen molar-refractivity contribution in [1.82, 2.24) is 16.0 Å². The molecule has 1 rings (SSSR count). The molecule has 4 atom stereocenters. The quantitative estimate of drug-likeness (QED) is 0.150. The molecule has 234 valence electrons. The summed E-state index contributed by atoms with van der Waals surface area (Å²) in [6.45, 7) is 15.8. The van der Waals surface area contributed by atoms with Gasteiger partial charge in [0.2, 0.25) is 11.8 Å². The number of amides is 3. The third-order valence-corrected chi connectivity index (χ3v) is 6.23. The van der Waals surface area contributed by atoms with E-state index in [4.69, 9.17) is 14.2 Å². The summed E-state index contributed by atoms with van der Waals surface area (Å²) in [5.74, 6) is -3.18. The first-order valence-corrected chi connectivity index (χ1v) is 14.3. The highest BCUT2D eigenvalue weighted by atomic mass is 16.6. The van der Waals surface area contributed by atoms with E-state index in [0.717, 1.165) is 5.56 Å². The molecule has 0 spiro atoms. The van der Waals surface area contributed by atoms with Gasteiger partial charge in [-0.25, -0.2) is 9.59 Å². The average Bonchev–Trinajstić information content (AvgIpc) is 2.93. The monoisotopic (exact) mass is 589 g/mol. The summed E-state index contributed by atoms with van der Waals surface area (Å²) in [5, 5.41) is 7.87. The smallest absolute Gasteiger partial charge is 0.408 e. The molecule has 0 aromatic heterocycles. The molecule has 0 radical (unpaired) electrons. The maximum absolute atomic E-state index is 13.4. The minimum absolute atomic E-state index is 0.0129. The van der Waals surface area contributed by atoms with Crippen LogP contribution in [-0.4, -0.2) is 60.2 Å². The van der Waals surface area contributed by atoms with Crippen molar-refractivity contribution < 1.29 is 38.2 Å². The van der Waals surface area contributed by atoms with E-state index in [1.807, 2.05) is 25.1 Å². The van der Waals surface area contributed by atoms with Crippen LogP contribution in [0.1, 0.15) is 73.3 Å². The fourth-order valence-corrected chi connectivity index (χ4v) is 3.77. The first-order valence-electron chi connectivity index (χ1n) is 14.3. The number of hydrogen-bond donors (Lipinski definition) is 3. The summed E-state index contributed by atoms with van der Waals surface area (Å²) in [6, 6.07) is 5.81. The molecule has 42 heavy (non-hydrogen) atoms. The molecule has 0 bridgehead atoms. The van der Waals surface area contributed by atoms with Gasteiger partial charge in [-0.3, -0.25) is 14.4 Å². The van der Waals surface area contributed by atoms with E-state index in [1.54, 1.807) is 53.7 Å². The predicted molar refractivity (Wildman–Crippen MR) is 158 cm³/mol. The zero-order valence-corrected chi connectivity index (χ0v) is 25.9. The normalized spacial score (nSPS) is 14.0. The van der Waals surface area contributed by atoms with Gasteiger partial charge in [0.05, 0.1) is 0 Å². The minimum Gasteiger partial charge on any atom is -0.460 e. The third kappa shape index (κ3) is 13.6. The number of rotatable bonds is 16. The molecule has 3 amide bonds. The Balaban J connectivity index is 3.08. The molecule has 0 heterocycles. The molecule has 0 aliphatic carbocycles. The van der Waals surface area contributed by atoms with Gasteiger partial charge in [-0.05, 0) is 44.6 Å². The molecule has 3 N–H and O–H groups in total. The van der Waals surface area contributed by atoms with E-state index in [2.05, 4.69) is 22.5 Å². The van der Waals surface area contributed by atoms with Crippen molar-refractivity contribution >= 4 is 29.8 Å². The van der Waals surface area contributed by atoms with Gasteiger partial charge in [-0.1, -0.05) is 77.1 Å². The molecular formula is C31H47N3O8. The van der Waals surface area contributed by atoms with Crippen LogP contribution < -0.4 is 16.0 Å². The standard InChI is InChI=1S/C31H47N3O8/c1-9-18-40-29(38)26(21(5)10-2)33-27(36)23(16-17-24(35)42-31(6,7)8)32-28(37)25(20(3)4)34-30(39)41-19-22-14-12-11-13-15-22/h9,11-15,20-21,23,25-26H,1,10,16-19H2,2-8H3,(H,32,37)(H,33,36)(H,34,39)/t21?,23-,25-,26?/m0/s1. The number of hydrogen-bond acceptors (Lipinski definition) is 8. The molecule has 1 aromatic carbocycles. The van der Waals surface area contributed by atoms with E-state index in [1.165, 1.54) is 6.08 Å². The van der Waals surface area contributed by atoms with E-state index in [0.29, 0.717) is 6.42 Å². The Kier molecular flexibility index (Phi) is 15.3. The highest BCUT2D eigenvalue weighted by Crippen LogP contribution is 2.14. The van der Waals surface area contributed by atoms with Crippen LogP contribution in [0.3, 0.4) is 0 Å². The Hall–Kier alpha value is -3.89. The lowest BCUT2D eigenvalue weighted by Gasteiger charge is -2.28. The van der Waals surface area contributed by atoms with Crippen molar-refractivity contribution in [3.05, 3.63) is 48.6 Å². The summed E-state index contributed by atoms with van der Waals surface area (Å²) in [5.41, 5.74) is 0.0427. The van der Waals surface area contributed by atoms with Crippen molar-refractivity contribution in [2.45, 2.75) is 98.1 Å². The van der Waals surface area contributed by atoms with Crippen LogP contribution in [0.4, 0.5) is 4.79 Å². The molecule has 0 fully saturated rings. The van der Waals surface area contributed by atoms with E-state index in [9.17, 15) is 24.0 Å². The molecule has 2 unspecified atom stereocenters. The van der Waals surface area contributed by atoms with Crippen LogP contribution in [-0.2, 0) is 40.0 Å². The van der Waals surface area contributed by atoms with Crippen LogP contribution in [0.2, 0.25) is 0 Å². The average molecular weight is 590 g/mol. The van der Waals surface area contributed by atoms with Gasteiger partial charge in [0.25, 0.3) is 0 Å². The fraction of sp³-hybridized carbons (Fsp3) is 0.581. The maximum Gasteiger partial charge on any atom is 0.408 e. The number of carbonyl (C=O) groups is 5. The lowest BCUT2D eigenvalue weighted by molar-refractivity contribution is -0.155. The van der Waals surface area contributed by atoms with E-state index in [-0.39, 0.29) is 37.9 Å². The zero-order chi connectivity index (χ0) is 31.9. The van der Waals surface area contributed by atoms with Crippen molar-refractivity contribution in [3.63, 3.8) is 0 Å². The SMILES string of the molecule is C=CCOC(=O)C(NC(=O)[C@H](CCC(=O)OC(C)(C)C)NC(=O)[C@@H](NC(=O)OCc1ccccc1)C(C)C)C(C)CC. The van der Waals surface area contributed by atoms with Crippen LogP contribution in [0, 0.1) is 11.8 Å². The van der Waals surface area contributed by atoms with Gasteiger partial charge in [-0.2, -0.15) is 0 Å². The molecule has 0 saturated carbocycles. The summed E-state index contributed by atoms with van der Waals surface area (Å²) in [4.78, 5) is 64.4. The highest BCUT2D eigenvalue weighted by molar-refractivity contribution is 5.93. The van der Waals surface area contributed by atoms with E-state index < -0.39 is 53.6 Å². The Bertz CT molecular complexity index is 1050. The second kappa shape index (κ2) is 17.8. The number of carbonyl (C=O) groups excluding carboxylic acids is 5. The summed E-state index contributed by atoms with van der Waals surface area (Å²) >= 11 is 0. The summed E-state index contributed by atoms with van der Waals surface area (Å²) < 4.78 is 15.8. The largest absolute Gasteiger partial charge is 0.460 e. The molecular weight excluding hydrogens is 542 g/mol. The maximum atomic E-state index is 13.4. The fourth-order valence-electron chi connectivity index (χ4n) is 3.77. The number of benzene rings is 1. The Labute approximate surface area is 249 Å². The van der Waals surface area contributed by atoms with Gasteiger partial charge in [-0.15, -0.1) is 0 Å². The second-order valence-electron chi connectivity index (χ2n) is 11.4. The Morgan fingerprint density at radius 3 is 2.10 bits per heavy atom. The number of alkyl carbamates (subject to hydrolysis) is 1. The molecule has 11 nitrogen and oxygen atoms in total. The molecule has 11 heteroatoms. The van der Waals surface area contributed by atoms with Crippen LogP contribution in [0.5, 0.6) is 0 Å². The minimum atomic E-state index is -1.22. The molecule has 0 aliphatic rings. The third-order valence-electron chi connectivity index (χ3n) is 6.23. The topological polar surface area (TPSA) is 149 Å². The molecule has 0 saturated heterocycles. The van der Waals surface area contributed by atoms with Gasteiger partial charge < -0.3 is 30.2 Å². The number of nitrogens with one attached hydrogen (secondary N) is 3. The Morgan fingerprint density at radius 1 is 0.905 bits per heavy atom. The summed E-state index contributed by atoms with van der Waals surface area (Å²) in [7, 11) is 0. The van der Waals surface area contributed by atoms with Crippen molar-refractivity contribution in [2.75, 3.05) is 6.61 Å². The molecule has 1 aromatic rings. The van der Waals surface area contributed by atoms with Crippen LogP contribution >= 0.6 is 0 Å². The van der Waals surface area contributed by atoms with Crippen molar-refractivity contribution in [2.24, 2.45) is 11.8 Å². The lowest BCUT2D eigenvalue weighted by Crippen LogP contribution is -2.57. The van der Waals surface area contributed by atoms with E-state index >= 15 is 0 Å². The highest BCUT2D eigenvalue weighted by Gasteiger charge is 2.34. The van der Waals surface area contributed by atoms with Crippen molar-refractivity contribution in [3.8, 4) is 0 Å².